The maximum atomic E-state index is 6.53. The van der Waals surface area contributed by atoms with Crippen molar-refractivity contribution in [2.45, 2.75) is 45.1 Å². The van der Waals surface area contributed by atoms with Gasteiger partial charge < -0.3 is 5.32 Å². The SMILES string of the molecule is CCNC(c1ccccc1Cl)C1C2CC3CC(C2)CC1C3. The Labute approximate surface area is 133 Å². The average molecular weight is 304 g/mol. The van der Waals surface area contributed by atoms with Crippen molar-refractivity contribution in [3.63, 3.8) is 0 Å². The van der Waals surface area contributed by atoms with Gasteiger partial charge in [-0.1, -0.05) is 36.7 Å². The van der Waals surface area contributed by atoms with E-state index in [1.54, 1.807) is 0 Å². The van der Waals surface area contributed by atoms with Crippen molar-refractivity contribution in [1.82, 2.24) is 5.32 Å². The number of rotatable bonds is 4. The largest absolute Gasteiger partial charge is 0.310 e. The van der Waals surface area contributed by atoms with Gasteiger partial charge in [-0.2, -0.15) is 0 Å². The second kappa shape index (κ2) is 5.59. The highest BCUT2D eigenvalue weighted by Gasteiger charge is 2.50. The Bertz CT molecular complexity index is 484. The van der Waals surface area contributed by atoms with Gasteiger partial charge in [0.15, 0.2) is 0 Å². The lowest BCUT2D eigenvalue weighted by Crippen LogP contribution is -2.49. The van der Waals surface area contributed by atoms with E-state index in [-0.39, 0.29) is 0 Å². The molecular weight excluding hydrogens is 278 g/mol. The van der Waals surface area contributed by atoms with Crippen LogP contribution in [-0.2, 0) is 0 Å². The Balaban J connectivity index is 1.67. The third kappa shape index (κ3) is 2.43. The Morgan fingerprint density at radius 3 is 2.24 bits per heavy atom. The number of benzene rings is 1. The number of hydrogen-bond acceptors (Lipinski definition) is 1. The van der Waals surface area contributed by atoms with Crippen molar-refractivity contribution in [2.75, 3.05) is 6.54 Å². The normalized spacial score (nSPS) is 38.7. The van der Waals surface area contributed by atoms with Crippen LogP contribution in [0.5, 0.6) is 0 Å². The summed E-state index contributed by atoms with van der Waals surface area (Å²) in [5, 5.41) is 4.73. The van der Waals surface area contributed by atoms with Crippen molar-refractivity contribution >= 4 is 11.6 Å². The molecule has 4 saturated carbocycles. The van der Waals surface area contributed by atoms with Gasteiger partial charge in [-0.05, 0) is 79.9 Å². The molecule has 1 nitrogen and oxygen atoms in total. The maximum absolute atomic E-state index is 6.53. The first-order valence-electron chi connectivity index (χ1n) is 8.74. The molecule has 0 aromatic heterocycles. The van der Waals surface area contributed by atoms with Crippen LogP contribution in [0.4, 0.5) is 0 Å². The third-order valence-corrected chi connectivity index (χ3v) is 6.69. The van der Waals surface area contributed by atoms with Gasteiger partial charge in [0.25, 0.3) is 0 Å². The average Bonchev–Trinajstić information content (AvgIpc) is 2.46. The van der Waals surface area contributed by atoms with Crippen LogP contribution in [-0.4, -0.2) is 6.54 Å². The summed E-state index contributed by atoms with van der Waals surface area (Å²) in [5.74, 6) is 4.75. The van der Waals surface area contributed by atoms with Crippen molar-refractivity contribution in [1.29, 1.82) is 0 Å². The van der Waals surface area contributed by atoms with Crippen molar-refractivity contribution in [3.8, 4) is 0 Å². The quantitative estimate of drug-likeness (QED) is 0.819. The molecule has 1 aromatic rings. The first kappa shape index (κ1) is 14.1. The Kier molecular flexibility index (Phi) is 3.75. The van der Waals surface area contributed by atoms with Crippen molar-refractivity contribution in [3.05, 3.63) is 34.9 Å². The molecule has 0 aliphatic heterocycles. The molecule has 4 bridgehead atoms. The van der Waals surface area contributed by atoms with Gasteiger partial charge in [-0.3, -0.25) is 0 Å². The molecule has 0 spiro atoms. The van der Waals surface area contributed by atoms with E-state index >= 15 is 0 Å². The molecule has 4 aliphatic carbocycles. The van der Waals surface area contributed by atoms with Gasteiger partial charge >= 0.3 is 0 Å². The zero-order valence-corrected chi connectivity index (χ0v) is 13.7. The fourth-order valence-corrected chi connectivity index (χ4v) is 6.17. The highest BCUT2D eigenvalue weighted by molar-refractivity contribution is 6.31. The van der Waals surface area contributed by atoms with E-state index in [1.165, 1.54) is 37.7 Å². The molecule has 0 heterocycles. The summed E-state index contributed by atoms with van der Waals surface area (Å²) in [6.07, 6.45) is 7.43. The summed E-state index contributed by atoms with van der Waals surface area (Å²) in [4.78, 5) is 0. The van der Waals surface area contributed by atoms with Crippen LogP contribution in [0.15, 0.2) is 24.3 Å². The van der Waals surface area contributed by atoms with E-state index in [9.17, 15) is 0 Å². The zero-order valence-electron chi connectivity index (χ0n) is 12.9. The minimum Gasteiger partial charge on any atom is -0.310 e. The predicted octanol–water partition coefficient (Wildman–Crippen LogP) is 5.06. The predicted molar refractivity (Wildman–Crippen MR) is 88.4 cm³/mol. The molecule has 2 heteroatoms. The number of halogens is 1. The van der Waals surface area contributed by atoms with Crippen LogP contribution in [0.1, 0.15) is 50.6 Å². The minimum atomic E-state index is 0.457. The molecule has 5 rings (SSSR count). The van der Waals surface area contributed by atoms with Crippen LogP contribution in [0.25, 0.3) is 0 Å². The molecule has 1 unspecified atom stereocenters. The number of hydrogen-bond donors (Lipinski definition) is 1. The lowest BCUT2D eigenvalue weighted by molar-refractivity contribution is -0.0523. The van der Waals surface area contributed by atoms with Crippen LogP contribution >= 0.6 is 11.6 Å². The van der Waals surface area contributed by atoms with Crippen LogP contribution < -0.4 is 5.32 Å². The highest BCUT2D eigenvalue weighted by Crippen LogP contribution is 2.59. The summed E-state index contributed by atoms with van der Waals surface area (Å²) in [6.45, 7) is 3.25. The zero-order chi connectivity index (χ0) is 14.4. The van der Waals surface area contributed by atoms with Crippen molar-refractivity contribution in [2.24, 2.45) is 29.6 Å². The molecule has 1 N–H and O–H groups in total. The number of nitrogens with one attached hydrogen (secondary N) is 1. The van der Waals surface area contributed by atoms with Gasteiger partial charge in [-0.15, -0.1) is 0 Å². The summed E-state index contributed by atoms with van der Waals surface area (Å²) < 4.78 is 0. The molecular formula is C19H26ClN. The molecule has 114 valence electrons. The molecule has 0 amide bonds. The fraction of sp³-hybridized carbons (Fsp3) is 0.684. The standard InChI is InChI=1S/C19H26ClN/c1-2-21-19(16-5-3-4-6-17(16)20)18-14-8-12-7-13(10-14)11-15(18)9-12/h3-6,12-15,18-19,21H,2,7-11H2,1H3. The topological polar surface area (TPSA) is 12.0 Å². The van der Waals surface area contributed by atoms with E-state index in [2.05, 4.69) is 30.4 Å². The maximum Gasteiger partial charge on any atom is 0.0453 e. The van der Waals surface area contributed by atoms with Gasteiger partial charge in [0.2, 0.25) is 0 Å². The van der Waals surface area contributed by atoms with Crippen LogP contribution in [0.2, 0.25) is 5.02 Å². The van der Waals surface area contributed by atoms with E-state index in [0.29, 0.717) is 6.04 Å². The fourth-order valence-electron chi connectivity index (χ4n) is 5.91. The third-order valence-electron chi connectivity index (χ3n) is 6.35. The highest BCUT2D eigenvalue weighted by atomic mass is 35.5. The first-order chi connectivity index (χ1) is 10.3. The Morgan fingerprint density at radius 1 is 1.05 bits per heavy atom. The van der Waals surface area contributed by atoms with E-state index in [1.807, 2.05) is 6.07 Å². The molecule has 4 fully saturated rings. The Morgan fingerprint density at radius 2 is 1.67 bits per heavy atom. The molecule has 1 aromatic carbocycles. The summed E-state index contributed by atoms with van der Waals surface area (Å²) in [6, 6.07) is 8.93. The van der Waals surface area contributed by atoms with E-state index < -0.39 is 0 Å². The first-order valence-corrected chi connectivity index (χ1v) is 9.11. The lowest BCUT2D eigenvalue weighted by atomic mass is 9.50. The van der Waals surface area contributed by atoms with E-state index in [4.69, 9.17) is 11.6 Å². The summed E-state index contributed by atoms with van der Waals surface area (Å²) in [5.41, 5.74) is 1.33. The second-order valence-corrected chi connectivity index (χ2v) is 7.97. The van der Waals surface area contributed by atoms with Gasteiger partial charge in [0.05, 0.1) is 0 Å². The molecule has 21 heavy (non-hydrogen) atoms. The lowest BCUT2D eigenvalue weighted by Gasteiger charge is -2.56. The summed E-state index contributed by atoms with van der Waals surface area (Å²) in [7, 11) is 0. The molecule has 4 aliphatic rings. The Hall–Kier alpha value is -0.530. The van der Waals surface area contributed by atoms with Crippen molar-refractivity contribution < 1.29 is 0 Å². The molecule has 0 saturated heterocycles. The second-order valence-electron chi connectivity index (χ2n) is 7.56. The molecule has 1 atom stereocenters. The summed E-state index contributed by atoms with van der Waals surface area (Å²) >= 11 is 6.53. The smallest absolute Gasteiger partial charge is 0.0453 e. The minimum absolute atomic E-state index is 0.457. The van der Waals surface area contributed by atoms with E-state index in [0.717, 1.165) is 41.2 Å². The van der Waals surface area contributed by atoms with Gasteiger partial charge in [0, 0.05) is 11.1 Å². The molecule has 0 radical (unpaired) electrons. The monoisotopic (exact) mass is 303 g/mol. The van der Waals surface area contributed by atoms with Gasteiger partial charge in [0.1, 0.15) is 0 Å². The van der Waals surface area contributed by atoms with Gasteiger partial charge in [-0.25, -0.2) is 0 Å². The van der Waals surface area contributed by atoms with Crippen LogP contribution in [0.3, 0.4) is 0 Å². The van der Waals surface area contributed by atoms with Crippen LogP contribution in [0, 0.1) is 29.6 Å².